The average Bonchev–Trinajstić information content (AvgIpc) is 2.59. The van der Waals surface area contributed by atoms with Crippen molar-refractivity contribution in [3.05, 3.63) is 47.1 Å². The lowest BCUT2D eigenvalue weighted by atomic mass is 10.3. The van der Waals surface area contributed by atoms with Crippen LogP contribution in [0, 0.1) is 0 Å². The van der Waals surface area contributed by atoms with Gasteiger partial charge in [0.1, 0.15) is 4.90 Å². The molecule has 0 amide bonds. The molecule has 2 aromatic rings. The van der Waals surface area contributed by atoms with Crippen LogP contribution in [-0.2, 0) is 16.1 Å². The number of benzene rings is 1. The Hall–Kier alpha value is -1.53. The van der Waals surface area contributed by atoms with Gasteiger partial charge in [0.2, 0.25) is 0 Å². The van der Waals surface area contributed by atoms with Crippen LogP contribution in [0.4, 0.5) is 0 Å². The maximum atomic E-state index is 11.7. The van der Waals surface area contributed by atoms with Gasteiger partial charge in [0.05, 0.1) is 5.69 Å². The van der Waals surface area contributed by atoms with Crippen molar-refractivity contribution >= 4 is 19.7 Å². The molecule has 0 bridgehead atoms. The van der Waals surface area contributed by atoms with Crippen LogP contribution < -0.4 is 5.69 Å². The summed E-state index contributed by atoms with van der Waals surface area (Å²) >= 11 is 0. The predicted molar refractivity (Wildman–Crippen MR) is 64.0 cm³/mol. The number of imidazole rings is 1. The number of nitrogens with zero attached hydrogens (tertiary/aromatic N) is 2. The van der Waals surface area contributed by atoms with E-state index in [0.29, 0.717) is 0 Å². The SMILES string of the molecule is Cn1ccn(-c2ccccc2S(=O)(=O)Cl)c1=O. The molecular formula is C10H9ClN2O3S. The molecule has 0 radical (unpaired) electrons. The number of rotatable bonds is 2. The molecule has 0 spiro atoms. The smallest absolute Gasteiger partial charge is 0.302 e. The van der Waals surface area contributed by atoms with Crippen LogP contribution in [0.2, 0.25) is 0 Å². The van der Waals surface area contributed by atoms with Crippen LogP contribution in [0.15, 0.2) is 46.3 Å². The Kier molecular flexibility index (Phi) is 2.84. The van der Waals surface area contributed by atoms with Crippen LogP contribution in [0.5, 0.6) is 0 Å². The van der Waals surface area contributed by atoms with Crippen LogP contribution in [0.3, 0.4) is 0 Å². The maximum Gasteiger partial charge on any atom is 0.332 e. The van der Waals surface area contributed by atoms with Gasteiger partial charge >= 0.3 is 5.69 Å². The van der Waals surface area contributed by atoms with Crippen molar-refractivity contribution in [2.75, 3.05) is 0 Å². The lowest BCUT2D eigenvalue weighted by molar-refractivity contribution is 0.609. The third kappa shape index (κ3) is 2.13. The first-order chi connectivity index (χ1) is 7.91. The second kappa shape index (κ2) is 4.05. The summed E-state index contributed by atoms with van der Waals surface area (Å²) in [5, 5.41) is 0. The predicted octanol–water partition coefficient (Wildman–Crippen LogP) is 1.10. The summed E-state index contributed by atoms with van der Waals surface area (Å²) in [5.74, 6) is 0. The van der Waals surface area contributed by atoms with Crippen molar-refractivity contribution < 1.29 is 8.42 Å². The standard InChI is InChI=1S/C10H9ClN2O3S/c1-12-6-7-13(10(12)14)8-4-2-3-5-9(8)17(11,15)16/h2-7H,1H3. The van der Waals surface area contributed by atoms with Gasteiger partial charge in [0.25, 0.3) is 9.05 Å². The Morgan fingerprint density at radius 3 is 2.35 bits per heavy atom. The minimum Gasteiger partial charge on any atom is -0.302 e. The zero-order chi connectivity index (χ0) is 12.6. The van der Waals surface area contributed by atoms with Crippen molar-refractivity contribution in [1.29, 1.82) is 0 Å². The van der Waals surface area contributed by atoms with Gasteiger partial charge in [-0.2, -0.15) is 0 Å². The molecule has 0 N–H and O–H groups in total. The topological polar surface area (TPSA) is 61.1 Å². The number of hydrogen-bond acceptors (Lipinski definition) is 3. The molecule has 0 aliphatic heterocycles. The molecule has 7 heteroatoms. The Morgan fingerprint density at radius 2 is 1.82 bits per heavy atom. The van der Waals surface area contributed by atoms with E-state index in [1.165, 1.54) is 27.5 Å². The van der Waals surface area contributed by atoms with E-state index in [9.17, 15) is 13.2 Å². The Bertz CT molecular complexity index is 715. The summed E-state index contributed by atoms with van der Waals surface area (Å²) in [4.78, 5) is 11.6. The lowest BCUT2D eigenvalue weighted by Gasteiger charge is -2.05. The highest BCUT2D eigenvalue weighted by Crippen LogP contribution is 2.21. The van der Waals surface area contributed by atoms with Crippen LogP contribution in [-0.4, -0.2) is 17.6 Å². The Morgan fingerprint density at radius 1 is 1.18 bits per heavy atom. The van der Waals surface area contributed by atoms with E-state index >= 15 is 0 Å². The molecular weight excluding hydrogens is 264 g/mol. The van der Waals surface area contributed by atoms with Crippen molar-refractivity contribution in [3.8, 4) is 5.69 Å². The van der Waals surface area contributed by atoms with E-state index in [4.69, 9.17) is 10.7 Å². The van der Waals surface area contributed by atoms with Crippen LogP contribution >= 0.6 is 10.7 Å². The van der Waals surface area contributed by atoms with Gasteiger partial charge in [0.15, 0.2) is 0 Å². The molecule has 0 saturated heterocycles. The molecule has 90 valence electrons. The van der Waals surface area contributed by atoms with Gasteiger partial charge in [-0.3, -0.25) is 4.57 Å². The average molecular weight is 273 g/mol. The number of hydrogen-bond donors (Lipinski definition) is 0. The summed E-state index contributed by atoms with van der Waals surface area (Å²) in [7, 11) is 3.02. The quantitative estimate of drug-likeness (QED) is 0.769. The summed E-state index contributed by atoms with van der Waals surface area (Å²) in [5.41, 5.74) is -0.0918. The second-order valence-corrected chi connectivity index (χ2v) is 6.00. The number of aromatic nitrogens is 2. The summed E-state index contributed by atoms with van der Waals surface area (Å²) in [6.07, 6.45) is 3.03. The molecule has 0 aliphatic carbocycles. The van der Waals surface area contributed by atoms with E-state index in [2.05, 4.69) is 0 Å². The Balaban J connectivity index is 2.78. The summed E-state index contributed by atoms with van der Waals surface area (Å²) < 4.78 is 25.4. The molecule has 1 aromatic heterocycles. The molecule has 0 atom stereocenters. The van der Waals surface area contributed by atoms with Gasteiger partial charge in [0, 0.05) is 30.1 Å². The number of para-hydroxylation sites is 1. The monoisotopic (exact) mass is 272 g/mol. The van der Waals surface area contributed by atoms with Gasteiger partial charge in [-0.1, -0.05) is 12.1 Å². The second-order valence-electron chi connectivity index (χ2n) is 3.47. The van der Waals surface area contributed by atoms with E-state index in [0.717, 1.165) is 0 Å². The van der Waals surface area contributed by atoms with E-state index in [1.54, 1.807) is 25.4 Å². The van der Waals surface area contributed by atoms with Gasteiger partial charge in [-0.15, -0.1) is 0 Å². The molecule has 5 nitrogen and oxygen atoms in total. The normalized spacial score (nSPS) is 11.6. The van der Waals surface area contributed by atoms with E-state index in [1.807, 2.05) is 0 Å². The molecule has 0 fully saturated rings. The van der Waals surface area contributed by atoms with Crippen molar-refractivity contribution in [2.45, 2.75) is 4.90 Å². The van der Waals surface area contributed by atoms with Gasteiger partial charge < -0.3 is 4.57 Å². The molecule has 0 saturated carbocycles. The fourth-order valence-corrected chi connectivity index (χ4v) is 2.56. The van der Waals surface area contributed by atoms with Crippen molar-refractivity contribution in [2.24, 2.45) is 7.05 Å². The van der Waals surface area contributed by atoms with Crippen molar-refractivity contribution in [3.63, 3.8) is 0 Å². The third-order valence-corrected chi connectivity index (χ3v) is 3.70. The minimum absolute atomic E-state index is 0.0880. The molecule has 1 aromatic carbocycles. The zero-order valence-electron chi connectivity index (χ0n) is 8.87. The first kappa shape index (κ1) is 11.9. The summed E-state index contributed by atoms with van der Waals surface area (Å²) in [6.45, 7) is 0. The van der Waals surface area contributed by atoms with Crippen LogP contribution in [0.1, 0.15) is 0 Å². The summed E-state index contributed by atoms with van der Waals surface area (Å²) in [6, 6.07) is 6.07. The highest BCUT2D eigenvalue weighted by Gasteiger charge is 2.17. The number of halogens is 1. The first-order valence-corrected chi connectivity index (χ1v) is 7.00. The fourth-order valence-electron chi connectivity index (χ4n) is 1.51. The zero-order valence-corrected chi connectivity index (χ0v) is 10.4. The number of aryl methyl sites for hydroxylation is 1. The van der Waals surface area contributed by atoms with Gasteiger partial charge in [-0.25, -0.2) is 13.2 Å². The lowest BCUT2D eigenvalue weighted by Crippen LogP contribution is -2.21. The minimum atomic E-state index is -3.89. The fraction of sp³-hybridized carbons (Fsp3) is 0.100. The molecule has 2 rings (SSSR count). The molecule has 0 unspecified atom stereocenters. The highest BCUT2D eigenvalue weighted by molar-refractivity contribution is 8.13. The molecule has 17 heavy (non-hydrogen) atoms. The van der Waals surface area contributed by atoms with Gasteiger partial charge in [-0.05, 0) is 12.1 Å². The molecule has 1 heterocycles. The largest absolute Gasteiger partial charge is 0.332 e. The van der Waals surface area contributed by atoms with E-state index < -0.39 is 9.05 Å². The first-order valence-electron chi connectivity index (χ1n) is 4.69. The molecule has 0 aliphatic rings. The highest BCUT2D eigenvalue weighted by atomic mass is 35.7. The third-order valence-electron chi connectivity index (χ3n) is 2.33. The van der Waals surface area contributed by atoms with E-state index in [-0.39, 0.29) is 16.3 Å². The Labute approximate surface area is 102 Å². The van der Waals surface area contributed by atoms with Crippen molar-refractivity contribution in [1.82, 2.24) is 9.13 Å². The van der Waals surface area contributed by atoms with Crippen LogP contribution in [0.25, 0.3) is 5.69 Å². The maximum absolute atomic E-state index is 11.7.